The number of hydrogen-bond donors (Lipinski definition) is 1. The lowest BCUT2D eigenvalue weighted by Gasteiger charge is -2.05. The number of aromatic nitrogens is 1. The first-order valence-electron chi connectivity index (χ1n) is 8.51. The summed E-state index contributed by atoms with van der Waals surface area (Å²) in [6.07, 6.45) is -2.83. The van der Waals surface area contributed by atoms with Gasteiger partial charge in [0.05, 0.1) is 18.7 Å². The molecule has 0 bridgehead atoms. The SMILES string of the molecule is O=C(NCC#Cc1cccc(C(F)(F)F)c1)c1ccc(Cn2ccccc2=O)o1. The molecule has 0 atom stereocenters. The molecule has 5 nitrogen and oxygen atoms in total. The zero-order valence-corrected chi connectivity index (χ0v) is 15.0. The average Bonchev–Trinajstić information content (AvgIpc) is 3.15. The van der Waals surface area contributed by atoms with Crippen molar-refractivity contribution < 1.29 is 22.4 Å². The summed E-state index contributed by atoms with van der Waals surface area (Å²) >= 11 is 0. The van der Waals surface area contributed by atoms with Gasteiger partial charge in [0, 0.05) is 17.8 Å². The number of carbonyl (C=O) groups excluding carboxylic acids is 1. The maximum atomic E-state index is 12.7. The van der Waals surface area contributed by atoms with Crippen LogP contribution in [0.4, 0.5) is 13.2 Å². The Bertz CT molecular complexity index is 1130. The van der Waals surface area contributed by atoms with Crippen LogP contribution in [0.5, 0.6) is 0 Å². The van der Waals surface area contributed by atoms with Gasteiger partial charge in [-0.1, -0.05) is 24.0 Å². The number of benzene rings is 1. The van der Waals surface area contributed by atoms with E-state index in [-0.39, 0.29) is 30.0 Å². The fourth-order valence-corrected chi connectivity index (χ4v) is 2.48. The molecule has 148 valence electrons. The first-order valence-corrected chi connectivity index (χ1v) is 8.51. The second-order valence-corrected chi connectivity index (χ2v) is 6.00. The molecule has 1 aromatic carbocycles. The number of amides is 1. The summed E-state index contributed by atoms with van der Waals surface area (Å²) in [7, 11) is 0. The van der Waals surface area contributed by atoms with E-state index in [9.17, 15) is 22.8 Å². The molecular weight excluding hydrogens is 385 g/mol. The Kier molecular flexibility index (Phi) is 5.88. The molecule has 29 heavy (non-hydrogen) atoms. The number of nitrogens with zero attached hydrogens (tertiary/aromatic N) is 1. The molecule has 0 aliphatic carbocycles. The second-order valence-electron chi connectivity index (χ2n) is 6.00. The molecule has 0 unspecified atom stereocenters. The van der Waals surface area contributed by atoms with Crippen LogP contribution in [0, 0.1) is 11.8 Å². The van der Waals surface area contributed by atoms with E-state index in [0.717, 1.165) is 12.1 Å². The van der Waals surface area contributed by atoms with Crippen molar-refractivity contribution in [2.45, 2.75) is 12.7 Å². The van der Waals surface area contributed by atoms with Gasteiger partial charge < -0.3 is 14.3 Å². The molecule has 0 aliphatic heterocycles. The number of halogens is 3. The monoisotopic (exact) mass is 400 g/mol. The summed E-state index contributed by atoms with van der Waals surface area (Å²) in [5.41, 5.74) is -0.781. The maximum Gasteiger partial charge on any atom is 0.416 e. The lowest BCUT2D eigenvalue weighted by Crippen LogP contribution is -2.23. The van der Waals surface area contributed by atoms with Gasteiger partial charge in [-0.15, -0.1) is 0 Å². The Hall–Kier alpha value is -3.73. The van der Waals surface area contributed by atoms with E-state index >= 15 is 0 Å². The Balaban J connectivity index is 1.57. The van der Waals surface area contributed by atoms with Crippen molar-refractivity contribution in [1.29, 1.82) is 0 Å². The van der Waals surface area contributed by atoms with Gasteiger partial charge in [0.1, 0.15) is 5.76 Å². The summed E-state index contributed by atoms with van der Waals surface area (Å²) in [4.78, 5) is 23.8. The van der Waals surface area contributed by atoms with Crippen LogP contribution in [-0.4, -0.2) is 17.0 Å². The summed E-state index contributed by atoms with van der Waals surface area (Å²) in [5.74, 6) is 5.13. The topological polar surface area (TPSA) is 64.2 Å². The Morgan fingerprint density at radius 1 is 1.10 bits per heavy atom. The van der Waals surface area contributed by atoms with E-state index in [4.69, 9.17) is 4.42 Å². The van der Waals surface area contributed by atoms with Crippen molar-refractivity contribution in [3.63, 3.8) is 0 Å². The fraction of sp³-hybridized carbons (Fsp3) is 0.143. The molecule has 2 aromatic heterocycles. The molecule has 0 saturated heterocycles. The minimum Gasteiger partial charge on any atom is -0.454 e. The Morgan fingerprint density at radius 2 is 1.93 bits per heavy atom. The van der Waals surface area contributed by atoms with Gasteiger partial charge in [-0.2, -0.15) is 13.2 Å². The van der Waals surface area contributed by atoms with Crippen molar-refractivity contribution in [3.8, 4) is 11.8 Å². The van der Waals surface area contributed by atoms with Crippen molar-refractivity contribution in [2.24, 2.45) is 0 Å². The molecule has 1 N–H and O–H groups in total. The van der Waals surface area contributed by atoms with Crippen LogP contribution >= 0.6 is 0 Å². The van der Waals surface area contributed by atoms with Gasteiger partial charge >= 0.3 is 6.18 Å². The van der Waals surface area contributed by atoms with E-state index < -0.39 is 17.6 Å². The van der Waals surface area contributed by atoms with E-state index in [2.05, 4.69) is 17.2 Å². The van der Waals surface area contributed by atoms with Crippen LogP contribution in [0.3, 0.4) is 0 Å². The molecule has 0 aliphatic rings. The molecule has 1 amide bonds. The summed E-state index contributed by atoms with van der Waals surface area (Å²) in [6.45, 7) is 0.117. The molecule has 0 saturated carbocycles. The quantitative estimate of drug-likeness (QED) is 0.684. The number of furan rings is 1. The molecule has 0 radical (unpaired) electrons. The van der Waals surface area contributed by atoms with Crippen LogP contribution in [0.2, 0.25) is 0 Å². The number of nitrogens with one attached hydrogen (secondary N) is 1. The smallest absolute Gasteiger partial charge is 0.416 e. The number of rotatable bonds is 4. The van der Waals surface area contributed by atoms with Gasteiger partial charge in [-0.05, 0) is 36.4 Å². The van der Waals surface area contributed by atoms with Crippen molar-refractivity contribution in [2.75, 3.05) is 6.54 Å². The number of alkyl halides is 3. The van der Waals surface area contributed by atoms with E-state index in [1.54, 1.807) is 24.4 Å². The van der Waals surface area contributed by atoms with Gasteiger partial charge in [-0.25, -0.2) is 0 Å². The number of pyridine rings is 1. The summed E-state index contributed by atoms with van der Waals surface area (Å²) < 4.78 is 44.9. The molecular formula is C21H15F3N2O3. The fourth-order valence-electron chi connectivity index (χ4n) is 2.48. The van der Waals surface area contributed by atoms with Crippen LogP contribution in [0.1, 0.15) is 27.4 Å². The first kappa shape index (κ1) is 20.0. The van der Waals surface area contributed by atoms with Crippen LogP contribution in [0.25, 0.3) is 0 Å². The van der Waals surface area contributed by atoms with Gasteiger partial charge in [-0.3, -0.25) is 9.59 Å². The molecule has 3 aromatic rings. The van der Waals surface area contributed by atoms with Gasteiger partial charge in [0.25, 0.3) is 11.5 Å². The minimum atomic E-state index is -4.44. The average molecular weight is 400 g/mol. The van der Waals surface area contributed by atoms with Gasteiger partial charge in [0.15, 0.2) is 5.76 Å². The van der Waals surface area contributed by atoms with Crippen LogP contribution in [0.15, 0.2) is 70.0 Å². The normalized spacial score (nSPS) is 10.9. The predicted octanol–water partition coefficient (Wildman–Crippen LogP) is 3.29. The second kappa shape index (κ2) is 8.52. The zero-order chi connectivity index (χ0) is 20.9. The molecule has 8 heteroatoms. The van der Waals surface area contributed by atoms with Crippen molar-refractivity contribution in [3.05, 3.63) is 93.8 Å². The Labute approximate surface area is 163 Å². The highest BCUT2D eigenvalue weighted by atomic mass is 19.4. The number of carbonyl (C=O) groups is 1. The maximum absolute atomic E-state index is 12.7. The lowest BCUT2D eigenvalue weighted by atomic mass is 10.1. The van der Waals surface area contributed by atoms with Crippen molar-refractivity contribution in [1.82, 2.24) is 9.88 Å². The molecule has 0 fully saturated rings. The van der Waals surface area contributed by atoms with E-state index in [1.807, 2.05) is 0 Å². The standard InChI is InChI=1S/C21H15F3N2O3/c22-21(23,24)16-7-3-5-15(13-16)6-4-11-25-20(28)18-10-9-17(29-18)14-26-12-2-1-8-19(26)27/h1-3,5,7-10,12-13H,11,14H2,(H,25,28). The third kappa shape index (κ3) is 5.39. The number of hydrogen-bond acceptors (Lipinski definition) is 3. The summed E-state index contributed by atoms with van der Waals surface area (Å²) in [6, 6.07) is 12.4. The minimum absolute atomic E-state index is 0.0462. The van der Waals surface area contributed by atoms with E-state index in [1.165, 1.54) is 28.8 Å². The summed E-state index contributed by atoms with van der Waals surface area (Å²) in [5, 5.41) is 2.51. The van der Waals surface area contributed by atoms with Crippen LogP contribution < -0.4 is 10.9 Å². The highest BCUT2D eigenvalue weighted by Gasteiger charge is 2.30. The highest BCUT2D eigenvalue weighted by molar-refractivity contribution is 5.91. The molecule has 2 heterocycles. The predicted molar refractivity (Wildman–Crippen MR) is 99.2 cm³/mol. The lowest BCUT2D eigenvalue weighted by molar-refractivity contribution is -0.137. The highest BCUT2D eigenvalue weighted by Crippen LogP contribution is 2.29. The first-order chi connectivity index (χ1) is 13.8. The van der Waals surface area contributed by atoms with Gasteiger partial charge in [0.2, 0.25) is 0 Å². The van der Waals surface area contributed by atoms with Crippen LogP contribution in [-0.2, 0) is 12.7 Å². The third-order valence-corrected chi connectivity index (χ3v) is 3.87. The Morgan fingerprint density at radius 3 is 2.69 bits per heavy atom. The van der Waals surface area contributed by atoms with E-state index in [0.29, 0.717) is 5.76 Å². The zero-order valence-electron chi connectivity index (χ0n) is 15.0. The van der Waals surface area contributed by atoms with Crippen molar-refractivity contribution >= 4 is 5.91 Å². The molecule has 3 rings (SSSR count). The third-order valence-electron chi connectivity index (χ3n) is 3.87. The molecule has 0 spiro atoms. The largest absolute Gasteiger partial charge is 0.454 e.